The van der Waals surface area contributed by atoms with Crippen molar-refractivity contribution in [1.29, 1.82) is 0 Å². The summed E-state index contributed by atoms with van der Waals surface area (Å²) in [7, 11) is 4.58. The fourth-order valence-electron chi connectivity index (χ4n) is 4.36. The van der Waals surface area contributed by atoms with E-state index in [0.29, 0.717) is 39.6 Å². The molecule has 190 valence electrons. The molecule has 10 heteroatoms. The van der Waals surface area contributed by atoms with Crippen LogP contribution in [0.2, 0.25) is 0 Å². The molecule has 36 heavy (non-hydrogen) atoms. The molecule has 0 aromatic heterocycles. The van der Waals surface area contributed by atoms with Gasteiger partial charge in [0.1, 0.15) is 23.7 Å². The van der Waals surface area contributed by atoms with E-state index in [9.17, 15) is 19.6 Å². The molecule has 1 aliphatic rings. The van der Waals surface area contributed by atoms with E-state index in [2.05, 4.69) is 5.32 Å². The summed E-state index contributed by atoms with van der Waals surface area (Å²) in [6.07, 6.45) is 0. The molecule has 3 aromatic rings. The number of halogens is 1. The minimum absolute atomic E-state index is 0.0444. The van der Waals surface area contributed by atoms with E-state index in [0.717, 1.165) is 0 Å². The lowest BCUT2D eigenvalue weighted by atomic mass is 9.92. The number of methoxy groups -OCH3 is 2. The van der Waals surface area contributed by atoms with E-state index >= 15 is 0 Å². The number of hydrogen-bond donors (Lipinski definition) is 2. The monoisotopic (exact) mass is 496 g/mol. The van der Waals surface area contributed by atoms with Crippen LogP contribution in [0.25, 0.3) is 11.1 Å². The van der Waals surface area contributed by atoms with Gasteiger partial charge in [-0.3, -0.25) is 10.0 Å². The van der Waals surface area contributed by atoms with Crippen molar-refractivity contribution in [3.63, 3.8) is 0 Å². The molecule has 1 heterocycles. The highest BCUT2D eigenvalue weighted by Crippen LogP contribution is 2.45. The number of carbonyl (C=O) groups excluding carboxylic acids is 1. The van der Waals surface area contributed by atoms with Crippen LogP contribution in [0.3, 0.4) is 0 Å². The van der Waals surface area contributed by atoms with Gasteiger partial charge in [-0.25, -0.2) is 4.39 Å². The Balaban J connectivity index is 1.88. The lowest BCUT2D eigenvalue weighted by Crippen LogP contribution is -2.52. The highest BCUT2D eigenvalue weighted by Gasteiger charge is 2.38. The van der Waals surface area contributed by atoms with Crippen LogP contribution in [0.5, 0.6) is 17.2 Å². The Morgan fingerprint density at radius 1 is 1.03 bits per heavy atom. The first kappa shape index (κ1) is 25.1. The van der Waals surface area contributed by atoms with Gasteiger partial charge in [0.25, 0.3) is 5.91 Å². The summed E-state index contributed by atoms with van der Waals surface area (Å²) >= 11 is 0. The van der Waals surface area contributed by atoms with Crippen molar-refractivity contribution in [2.24, 2.45) is 0 Å². The second-order valence-electron chi connectivity index (χ2n) is 8.84. The Bertz CT molecular complexity index is 1310. The van der Waals surface area contributed by atoms with Gasteiger partial charge < -0.3 is 34.9 Å². The average molecular weight is 497 g/mol. The topological polar surface area (TPSA) is 107 Å². The summed E-state index contributed by atoms with van der Waals surface area (Å²) in [6, 6.07) is 12.1. The maximum atomic E-state index is 13.9. The Hall–Kier alpha value is -4.02. The van der Waals surface area contributed by atoms with Crippen LogP contribution in [0.15, 0.2) is 48.5 Å². The highest BCUT2D eigenvalue weighted by molar-refractivity contribution is 6.08. The first-order chi connectivity index (χ1) is 17.1. The SMILES string of the molecule is COc1ccc(N([O-])O)cc1OCc1c(-c2ccc(F)cc2OC)ccc2c1N(C)C(=O)C(C)(C)N2. The first-order valence-electron chi connectivity index (χ1n) is 11.1. The molecule has 2 N–H and O–H groups in total. The standard InChI is InChI=1S/C26H27FN3O6/c1-26(2)25(31)29(3)24-19(14-36-23-13-16(30(32)33)7-11-21(23)34-4)17(9-10-20(24)28-26)18-8-6-15(27)12-22(18)35-5/h6-13,28,32H,14H2,1-5H3/q-1. The van der Waals surface area contributed by atoms with Crippen LogP contribution < -0.4 is 29.7 Å². The van der Waals surface area contributed by atoms with Gasteiger partial charge in [0.2, 0.25) is 0 Å². The van der Waals surface area contributed by atoms with Crippen molar-refractivity contribution in [3.8, 4) is 28.4 Å². The number of fused-ring (bicyclic) bond motifs is 1. The van der Waals surface area contributed by atoms with E-state index < -0.39 is 11.4 Å². The molecule has 0 unspecified atom stereocenters. The van der Waals surface area contributed by atoms with Gasteiger partial charge >= 0.3 is 0 Å². The van der Waals surface area contributed by atoms with Crippen LogP contribution in [-0.4, -0.2) is 37.9 Å². The predicted molar refractivity (Wildman–Crippen MR) is 134 cm³/mol. The zero-order chi connectivity index (χ0) is 26.2. The van der Waals surface area contributed by atoms with Crippen LogP contribution in [-0.2, 0) is 11.4 Å². The molecule has 0 radical (unpaired) electrons. The molecule has 0 atom stereocenters. The number of carbonyl (C=O) groups is 1. The Kier molecular flexibility index (Phi) is 6.66. The third-order valence-corrected chi connectivity index (χ3v) is 6.10. The van der Waals surface area contributed by atoms with Crippen molar-refractivity contribution in [3.05, 3.63) is 65.1 Å². The zero-order valence-corrected chi connectivity index (χ0v) is 20.6. The van der Waals surface area contributed by atoms with E-state index in [4.69, 9.17) is 14.2 Å². The number of amides is 1. The van der Waals surface area contributed by atoms with Gasteiger partial charge in [0.15, 0.2) is 11.5 Å². The number of hydrogen-bond acceptors (Lipinski definition) is 8. The van der Waals surface area contributed by atoms with Gasteiger partial charge in [-0.2, -0.15) is 0 Å². The van der Waals surface area contributed by atoms with E-state index in [1.807, 2.05) is 12.1 Å². The molecular weight excluding hydrogens is 469 g/mol. The fraction of sp³-hybridized carbons (Fsp3) is 0.269. The minimum Gasteiger partial charge on any atom is -0.733 e. The smallest absolute Gasteiger partial charge is 0.251 e. The molecule has 0 saturated heterocycles. The van der Waals surface area contributed by atoms with Gasteiger partial charge in [0, 0.05) is 30.3 Å². The van der Waals surface area contributed by atoms with Gasteiger partial charge in [-0.05, 0) is 49.7 Å². The third kappa shape index (κ3) is 4.48. The molecule has 0 fully saturated rings. The molecule has 4 rings (SSSR count). The lowest BCUT2D eigenvalue weighted by Gasteiger charge is -2.39. The van der Waals surface area contributed by atoms with Crippen molar-refractivity contribution >= 4 is 23.0 Å². The van der Waals surface area contributed by atoms with E-state index in [-0.39, 0.29) is 29.2 Å². The van der Waals surface area contributed by atoms with Crippen LogP contribution in [0.4, 0.5) is 21.5 Å². The summed E-state index contributed by atoms with van der Waals surface area (Å²) in [5, 5.41) is 23.7. The van der Waals surface area contributed by atoms with Gasteiger partial charge in [0.05, 0.1) is 31.3 Å². The Labute approximate surface area is 208 Å². The lowest BCUT2D eigenvalue weighted by molar-refractivity contribution is -0.121. The Morgan fingerprint density at radius 2 is 1.72 bits per heavy atom. The van der Waals surface area contributed by atoms with Gasteiger partial charge in [-0.1, -0.05) is 6.07 Å². The largest absolute Gasteiger partial charge is 0.733 e. The number of rotatable bonds is 7. The second kappa shape index (κ2) is 9.56. The zero-order valence-electron chi connectivity index (χ0n) is 20.6. The normalized spacial score (nSPS) is 14.1. The van der Waals surface area contributed by atoms with Gasteiger partial charge in [-0.15, -0.1) is 0 Å². The summed E-state index contributed by atoms with van der Waals surface area (Å²) in [5.41, 5.74) is 2.31. The molecule has 3 aromatic carbocycles. The molecule has 1 aliphatic heterocycles. The van der Waals surface area contributed by atoms with Crippen LogP contribution >= 0.6 is 0 Å². The molecular formula is C26H27FN3O6-. The molecule has 0 saturated carbocycles. The third-order valence-electron chi connectivity index (χ3n) is 6.10. The summed E-state index contributed by atoms with van der Waals surface area (Å²) in [4.78, 5) is 14.7. The molecule has 0 spiro atoms. The van der Waals surface area contributed by atoms with Crippen molar-refractivity contribution in [1.82, 2.24) is 0 Å². The maximum Gasteiger partial charge on any atom is 0.251 e. The van der Waals surface area contributed by atoms with E-state index in [1.54, 1.807) is 31.9 Å². The Morgan fingerprint density at radius 3 is 2.39 bits per heavy atom. The number of benzene rings is 3. The van der Waals surface area contributed by atoms with Crippen molar-refractivity contribution < 1.29 is 28.6 Å². The number of nitrogens with zero attached hydrogens (tertiary/aromatic N) is 2. The predicted octanol–water partition coefficient (Wildman–Crippen LogP) is 4.95. The quantitative estimate of drug-likeness (QED) is 0.443. The number of likely N-dealkylation sites (N-methyl/N-ethyl adjacent to an activating group) is 1. The minimum atomic E-state index is -0.828. The van der Waals surface area contributed by atoms with E-state index in [1.165, 1.54) is 44.6 Å². The molecule has 0 aliphatic carbocycles. The highest BCUT2D eigenvalue weighted by atomic mass is 19.1. The average Bonchev–Trinajstić information content (AvgIpc) is 2.85. The van der Waals surface area contributed by atoms with Crippen molar-refractivity contribution in [2.45, 2.75) is 26.0 Å². The molecule has 1 amide bonds. The number of ether oxygens (including phenoxy) is 3. The van der Waals surface area contributed by atoms with Crippen molar-refractivity contribution in [2.75, 3.05) is 36.7 Å². The number of nitrogens with one attached hydrogen (secondary N) is 1. The molecule has 0 bridgehead atoms. The van der Waals surface area contributed by atoms with Crippen LogP contribution in [0.1, 0.15) is 19.4 Å². The first-order valence-corrected chi connectivity index (χ1v) is 11.1. The summed E-state index contributed by atoms with van der Waals surface area (Å²) < 4.78 is 30.8. The molecule has 9 nitrogen and oxygen atoms in total. The maximum absolute atomic E-state index is 13.9. The number of anilines is 3. The fourth-order valence-corrected chi connectivity index (χ4v) is 4.36. The van der Waals surface area contributed by atoms with Crippen LogP contribution in [0, 0.1) is 11.0 Å². The summed E-state index contributed by atoms with van der Waals surface area (Å²) in [6.45, 7) is 3.53. The summed E-state index contributed by atoms with van der Waals surface area (Å²) in [5.74, 6) is 0.264. The second-order valence-corrected chi connectivity index (χ2v) is 8.84.